The van der Waals surface area contributed by atoms with Crippen LogP contribution >= 0.6 is 11.3 Å². The molecular weight excluding hydrogens is 379 g/mol. The zero-order valence-corrected chi connectivity index (χ0v) is 15.5. The number of methoxy groups -OCH3 is 1. The highest BCUT2D eigenvalue weighted by Crippen LogP contribution is 2.33. The van der Waals surface area contributed by atoms with E-state index in [1.807, 2.05) is 0 Å². The number of ether oxygens (including phenoxy) is 1. The van der Waals surface area contributed by atoms with Gasteiger partial charge in [-0.15, -0.1) is 11.3 Å². The summed E-state index contributed by atoms with van der Waals surface area (Å²) in [5.41, 5.74) is 0.762. The molecule has 0 radical (unpaired) electrons. The number of nitrogens with two attached hydrogens (primary N) is 1. The van der Waals surface area contributed by atoms with Crippen molar-refractivity contribution >= 4 is 43.0 Å². The molecule has 0 spiro atoms. The number of amides is 1. The predicted molar refractivity (Wildman–Crippen MR) is 98.8 cm³/mol. The summed E-state index contributed by atoms with van der Waals surface area (Å²) in [5, 5.41) is 8.20. The Bertz CT molecular complexity index is 1120. The Labute approximate surface area is 153 Å². The molecule has 0 saturated heterocycles. The van der Waals surface area contributed by atoms with Crippen LogP contribution in [-0.4, -0.2) is 21.4 Å². The number of hydrogen-bond donors (Lipinski definition) is 2. The van der Waals surface area contributed by atoms with Gasteiger partial charge in [0.1, 0.15) is 16.5 Å². The molecule has 0 atom stereocenters. The van der Waals surface area contributed by atoms with Crippen molar-refractivity contribution in [3.8, 4) is 5.75 Å². The van der Waals surface area contributed by atoms with Gasteiger partial charge in [0, 0.05) is 15.8 Å². The van der Waals surface area contributed by atoms with Crippen molar-refractivity contribution < 1.29 is 22.3 Å². The number of rotatable bonds is 4. The number of carbonyl (C=O) groups is 1. The first-order valence-corrected chi connectivity index (χ1v) is 9.78. The van der Waals surface area contributed by atoms with E-state index in [9.17, 15) is 17.6 Å². The van der Waals surface area contributed by atoms with Crippen LogP contribution in [0, 0.1) is 12.7 Å². The van der Waals surface area contributed by atoms with E-state index in [2.05, 4.69) is 5.32 Å². The van der Waals surface area contributed by atoms with Gasteiger partial charge >= 0.3 is 0 Å². The van der Waals surface area contributed by atoms with Crippen molar-refractivity contribution in [2.75, 3.05) is 12.4 Å². The number of anilines is 1. The molecule has 1 amide bonds. The molecule has 3 aromatic rings. The van der Waals surface area contributed by atoms with Crippen LogP contribution < -0.4 is 15.2 Å². The number of thiophene rings is 1. The Morgan fingerprint density at radius 3 is 2.62 bits per heavy atom. The van der Waals surface area contributed by atoms with E-state index in [1.54, 1.807) is 19.1 Å². The highest BCUT2D eigenvalue weighted by molar-refractivity contribution is 7.89. The molecule has 0 bridgehead atoms. The molecule has 0 aliphatic carbocycles. The Hall–Kier alpha value is -2.49. The molecule has 6 nitrogen and oxygen atoms in total. The van der Waals surface area contributed by atoms with Crippen LogP contribution in [0.5, 0.6) is 5.75 Å². The zero-order chi connectivity index (χ0) is 19.1. The lowest BCUT2D eigenvalue weighted by atomic mass is 10.1. The summed E-state index contributed by atoms with van der Waals surface area (Å²) in [6.07, 6.45) is 0. The quantitative estimate of drug-likeness (QED) is 0.710. The van der Waals surface area contributed by atoms with Gasteiger partial charge in [0.25, 0.3) is 5.91 Å². The molecule has 3 N–H and O–H groups in total. The number of fused-ring (bicyclic) bond motifs is 1. The summed E-state index contributed by atoms with van der Waals surface area (Å²) >= 11 is 1.16. The summed E-state index contributed by atoms with van der Waals surface area (Å²) < 4.78 is 43.0. The number of hydrogen-bond acceptors (Lipinski definition) is 5. The van der Waals surface area contributed by atoms with E-state index in [4.69, 9.17) is 9.88 Å². The molecule has 26 heavy (non-hydrogen) atoms. The average molecular weight is 394 g/mol. The number of nitrogens with one attached hydrogen (secondary N) is 1. The summed E-state index contributed by atoms with van der Waals surface area (Å²) in [4.78, 5) is 12.7. The Morgan fingerprint density at radius 2 is 2.00 bits per heavy atom. The average Bonchev–Trinajstić information content (AvgIpc) is 2.92. The molecular formula is C17H15FN2O4S2. The summed E-state index contributed by atoms with van der Waals surface area (Å²) in [7, 11) is -2.71. The number of carbonyl (C=O) groups excluding carboxylic acids is 1. The van der Waals surface area contributed by atoms with Crippen LogP contribution in [0.15, 0.2) is 41.3 Å². The van der Waals surface area contributed by atoms with Gasteiger partial charge in [-0.1, -0.05) is 6.07 Å². The molecule has 0 saturated carbocycles. The molecule has 9 heteroatoms. The first-order chi connectivity index (χ1) is 12.2. The number of benzene rings is 2. The molecule has 1 aromatic heterocycles. The normalized spacial score (nSPS) is 11.5. The van der Waals surface area contributed by atoms with Crippen LogP contribution in [0.3, 0.4) is 0 Å². The highest BCUT2D eigenvalue weighted by atomic mass is 32.2. The van der Waals surface area contributed by atoms with E-state index in [1.165, 1.54) is 31.4 Å². The van der Waals surface area contributed by atoms with E-state index in [-0.39, 0.29) is 16.3 Å². The van der Waals surface area contributed by atoms with Crippen molar-refractivity contribution in [2.24, 2.45) is 5.14 Å². The predicted octanol–water partition coefficient (Wildman–Crippen LogP) is 3.26. The van der Waals surface area contributed by atoms with Crippen molar-refractivity contribution in [1.29, 1.82) is 0 Å². The second-order valence-electron chi connectivity index (χ2n) is 5.53. The summed E-state index contributed by atoms with van der Waals surface area (Å²) in [5.74, 6) is -0.782. The van der Waals surface area contributed by atoms with Crippen molar-refractivity contribution in [3.05, 3.63) is 52.7 Å². The maximum atomic E-state index is 14.0. The Balaban J connectivity index is 1.99. The molecule has 0 unspecified atom stereocenters. The van der Waals surface area contributed by atoms with Crippen molar-refractivity contribution in [3.63, 3.8) is 0 Å². The van der Waals surface area contributed by atoms with Crippen LogP contribution in [-0.2, 0) is 10.0 Å². The van der Waals surface area contributed by atoms with Gasteiger partial charge in [0.15, 0.2) is 0 Å². The second-order valence-corrected chi connectivity index (χ2v) is 8.12. The Kier molecular flexibility index (Phi) is 4.70. The molecule has 0 aliphatic rings. The third-order valence-corrected chi connectivity index (χ3v) is 6.03. The van der Waals surface area contributed by atoms with E-state index in [0.717, 1.165) is 11.3 Å². The fraction of sp³-hybridized carbons (Fsp3) is 0.118. The fourth-order valence-corrected chi connectivity index (χ4v) is 4.48. The minimum atomic E-state index is -4.03. The van der Waals surface area contributed by atoms with E-state index in [0.29, 0.717) is 20.5 Å². The number of sulfonamides is 1. The first-order valence-electron chi connectivity index (χ1n) is 7.42. The molecule has 0 fully saturated rings. The lowest BCUT2D eigenvalue weighted by Gasteiger charge is -2.10. The van der Waals surface area contributed by atoms with Crippen molar-refractivity contribution in [2.45, 2.75) is 11.8 Å². The smallest absolute Gasteiger partial charge is 0.266 e. The van der Waals surface area contributed by atoms with Crippen LogP contribution in [0.4, 0.5) is 10.1 Å². The number of primary sulfonamides is 1. The van der Waals surface area contributed by atoms with Gasteiger partial charge in [-0.2, -0.15) is 0 Å². The zero-order valence-electron chi connectivity index (χ0n) is 13.9. The third kappa shape index (κ3) is 3.28. The third-order valence-electron chi connectivity index (χ3n) is 3.84. The number of aryl methyl sites for hydroxylation is 1. The minimum absolute atomic E-state index is 0.0746. The fourth-order valence-electron chi connectivity index (χ4n) is 2.63. The topological polar surface area (TPSA) is 98.5 Å². The first kappa shape index (κ1) is 18.3. The lowest BCUT2D eigenvalue weighted by molar-refractivity contribution is 0.103. The minimum Gasteiger partial charge on any atom is -0.495 e. The maximum Gasteiger partial charge on any atom is 0.266 e. The van der Waals surface area contributed by atoms with Gasteiger partial charge in [-0.25, -0.2) is 17.9 Å². The van der Waals surface area contributed by atoms with E-state index >= 15 is 0 Å². The van der Waals surface area contributed by atoms with Crippen LogP contribution in [0.1, 0.15) is 15.2 Å². The largest absolute Gasteiger partial charge is 0.495 e. The Morgan fingerprint density at radius 1 is 1.27 bits per heavy atom. The van der Waals surface area contributed by atoms with Gasteiger partial charge < -0.3 is 10.1 Å². The molecule has 136 valence electrons. The van der Waals surface area contributed by atoms with Gasteiger partial charge in [0.05, 0.1) is 12.0 Å². The molecule has 1 heterocycles. The lowest BCUT2D eigenvalue weighted by Crippen LogP contribution is -2.15. The maximum absolute atomic E-state index is 14.0. The monoisotopic (exact) mass is 394 g/mol. The van der Waals surface area contributed by atoms with Gasteiger partial charge in [-0.05, 0) is 42.8 Å². The van der Waals surface area contributed by atoms with Crippen LogP contribution in [0.25, 0.3) is 10.1 Å². The van der Waals surface area contributed by atoms with Gasteiger partial charge in [-0.3, -0.25) is 4.79 Å². The van der Waals surface area contributed by atoms with Crippen LogP contribution in [0.2, 0.25) is 0 Å². The molecule has 2 aromatic carbocycles. The van der Waals surface area contributed by atoms with Crippen molar-refractivity contribution in [1.82, 2.24) is 0 Å². The standard InChI is InChI=1S/C17H15FN2O4S2/c1-9-15-11(18)4-3-5-13(15)25-16(9)17(21)20-10-6-7-12(24-2)14(8-10)26(19,22)23/h3-8H,1-2H3,(H,20,21)(H2,19,22,23). The SMILES string of the molecule is COc1ccc(NC(=O)c2sc3cccc(F)c3c2C)cc1S(N)(=O)=O. The number of halogens is 1. The van der Waals surface area contributed by atoms with Gasteiger partial charge in [0.2, 0.25) is 10.0 Å². The molecule has 0 aliphatic heterocycles. The van der Waals surface area contributed by atoms with E-state index < -0.39 is 21.7 Å². The summed E-state index contributed by atoms with van der Waals surface area (Å²) in [6.45, 7) is 1.67. The molecule has 3 rings (SSSR count). The summed E-state index contributed by atoms with van der Waals surface area (Å²) in [6, 6.07) is 8.76. The highest BCUT2D eigenvalue weighted by Gasteiger charge is 2.20. The second kappa shape index (κ2) is 6.67.